The summed E-state index contributed by atoms with van der Waals surface area (Å²) >= 11 is 2.12. The number of hydrogen-bond donors (Lipinski definition) is 0. The van der Waals surface area contributed by atoms with Crippen LogP contribution in [0.4, 0.5) is 0 Å². The monoisotopic (exact) mass is 327 g/mol. The van der Waals surface area contributed by atoms with Crippen LogP contribution in [0.2, 0.25) is 0 Å². The molecule has 0 saturated heterocycles. The Hall–Kier alpha value is -1.40. The van der Waals surface area contributed by atoms with Crippen molar-refractivity contribution in [1.29, 1.82) is 5.26 Å². The lowest BCUT2D eigenvalue weighted by atomic mass is 10.2. The zero-order chi connectivity index (χ0) is 12.0. The number of benzene rings is 1. The Kier molecular flexibility index (Phi) is 4.94. The van der Waals surface area contributed by atoms with Crippen LogP contribution in [0, 0.1) is 27.2 Å². The second-order valence-electron chi connectivity index (χ2n) is 2.82. The molecule has 16 heavy (non-hydrogen) atoms. The predicted molar refractivity (Wildman–Crippen MR) is 69.4 cm³/mol. The fourth-order valence-electron chi connectivity index (χ4n) is 1.18. The second kappa shape index (κ2) is 6.24. The molecule has 0 fully saturated rings. The lowest BCUT2D eigenvalue weighted by Gasteiger charge is -2.12. The molecule has 0 bridgehead atoms. The van der Waals surface area contributed by atoms with Gasteiger partial charge in [-0.25, -0.2) is 0 Å². The molecule has 0 aliphatic heterocycles. The van der Waals surface area contributed by atoms with Gasteiger partial charge in [-0.05, 0) is 41.6 Å². The topological polar surface area (TPSA) is 42.2 Å². The smallest absolute Gasteiger partial charge is 0.180 e. The maximum atomic E-state index is 8.99. The Morgan fingerprint density at radius 3 is 2.75 bits per heavy atom. The maximum Gasteiger partial charge on any atom is 0.180 e. The largest absolute Gasteiger partial charge is 0.490 e. The molecule has 82 valence electrons. The van der Waals surface area contributed by atoms with Crippen LogP contribution in [0.3, 0.4) is 0 Å². The van der Waals surface area contributed by atoms with Gasteiger partial charge in [0, 0.05) is 3.57 Å². The van der Waals surface area contributed by atoms with Crippen molar-refractivity contribution >= 4 is 22.6 Å². The summed E-state index contributed by atoms with van der Waals surface area (Å²) < 4.78 is 11.7. The summed E-state index contributed by atoms with van der Waals surface area (Å²) in [6.45, 7) is 2.50. The third-order valence-electron chi connectivity index (χ3n) is 1.74. The average molecular weight is 327 g/mol. The molecule has 0 spiro atoms. The van der Waals surface area contributed by atoms with Crippen molar-refractivity contribution in [2.45, 2.75) is 6.92 Å². The van der Waals surface area contributed by atoms with Gasteiger partial charge < -0.3 is 9.47 Å². The van der Waals surface area contributed by atoms with Gasteiger partial charge in [0.15, 0.2) is 11.5 Å². The molecule has 0 unspecified atom stereocenters. The molecule has 4 heteroatoms. The van der Waals surface area contributed by atoms with E-state index in [-0.39, 0.29) is 6.61 Å². The molecular weight excluding hydrogens is 317 g/mol. The molecule has 0 heterocycles. The van der Waals surface area contributed by atoms with E-state index in [9.17, 15) is 0 Å². The Balaban J connectivity index is 3.18. The van der Waals surface area contributed by atoms with Gasteiger partial charge in [-0.1, -0.05) is 5.92 Å². The highest BCUT2D eigenvalue weighted by Crippen LogP contribution is 2.33. The minimum atomic E-state index is 0.120. The number of hydrogen-bond acceptors (Lipinski definition) is 3. The van der Waals surface area contributed by atoms with Gasteiger partial charge in [-0.2, -0.15) is 5.26 Å². The summed E-state index contributed by atoms with van der Waals surface area (Å²) in [6, 6.07) is 5.61. The highest BCUT2D eigenvalue weighted by Gasteiger charge is 2.12. The number of nitriles is 1. The first kappa shape index (κ1) is 12.7. The van der Waals surface area contributed by atoms with Crippen LogP contribution in [0.5, 0.6) is 11.5 Å². The Labute approximate surface area is 109 Å². The van der Waals surface area contributed by atoms with Crippen molar-refractivity contribution in [3.05, 3.63) is 21.3 Å². The maximum absolute atomic E-state index is 8.99. The lowest BCUT2D eigenvalue weighted by Crippen LogP contribution is -2.01. The first-order chi connectivity index (χ1) is 7.72. The van der Waals surface area contributed by atoms with Crippen molar-refractivity contribution in [3.63, 3.8) is 0 Å². The van der Waals surface area contributed by atoms with Gasteiger partial charge >= 0.3 is 0 Å². The van der Waals surface area contributed by atoms with Crippen molar-refractivity contribution in [1.82, 2.24) is 0 Å². The SMILES string of the molecule is C#CCOc1c(C#N)cc(I)cc1OCC. The van der Waals surface area contributed by atoms with E-state index in [4.69, 9.17) is 21.2 Å². The van der Waals surface area contributed by atoms with Gasteiger partial charge in [0.2, 0.25) is 0 Å². The summed E-state index contributed by atoms with van der Waals surface area (Å²) in [5.41, 5.74) is 0.436. The Bertz CT molecular complexity index is 457. The minimum absolute atomic E-state index is 0.120. The standard InChI is InChI=1S/C12H10INO2/c1-3-5-16-12-9(8-14)6-10(13)7-11(12)15-4-2/h1,6-7H,4-5H2,2H3. The molecule has 1 aromatic rings. The van der Waals surface area contributed by atoms with Crippen molar-refractivity contribution < 1.29 is 9.47 Å². The van der Waals surface area contributed by atoms with Gasteiger partial charge in [0.25, 0.3) is 0 Å². The lowest BCUT2D eigenvalue weighted by molar-refractivity contribution is 0.298. The zero-order valence-electron chi connectivity index (χ0n) is 8.79. The van der Waals surface area contributed by atoms with E-state index in [1.165, 1.54) is 0 Å². The number of terminal acetylenes is 1. The second-order valence-corrected chi connectivity index (χ2v) is 4.06. The number of halogens is 1. The van der Waals surface area contributed by atoms with Crippen LogP contribution in [-0.2, 0) is 0 Å². The number of rotatable bonds is 4. The molecule has 1 rings (SSSR count). The van der Waals surface area contributed by atoms with Crippen molar-refractivity contribution in [2.75, 3.05) is 13.2 Å². The van der Waals surface area contributed by atoms with E-state index in [0.717, 1.165) is 3.57 Å². The first-order valence-electron chi connectivity index (χ1n) is 4.65. The molecule has 1 aromatic carbocycles. The molecule has 0 aliphatic carbocycles. The molecular formula is C12H10INO2. The fourth-order valence-corrected chi connectivity index (χ4v) is 1.77. The summed E-state index contributed by atoms with van der Waals surface area (Å²) in [5.74, 6) is 3.34. The van der Waals surface area contributed by atoms with E-state index in [2.05, 4.69) is 34.6 Å². The molecule has 0 amide bonds. The Morgan fingerprint density at radius 1 is 1.44 bits per heavy atom. The normalized spacial score (nSPS) is 9.00. The van der Waals surface area contributed by atoms with Crippen molar-refractivity contribution in [3.8, 4) is 29.9 Å². The molecule has 0 aliphatic rings. The van der Waals surface area contributed by atoms with Crippen LogP contribution in [0.15, 0.2) is 12.1 Å². The molecule has 0 aromatic heterocycles. The predicted octanol–water partition coefficient (Wildman–Crippen LogP) is 2.57. The quantitative estimate of drug-likeness (QED) is 0.631. The van der Waals surface area contributed by atoms with Gasteiger partial charge in [0.1, 0.15) is 12.7 Å². The van der Waals surface area contributed by atoms with E-state index in [1.54, 1.807) is 6.07 Å². The number of nitrogens with zero attached hydrogens (tertiary/aromatic N) is 1. The van der Waals surface area contributed by atoms with Crippen LogP contribution in [-0.4, -0.2) is 13.2 Å². The van der Waals surface area contributed by atoms with E-state index in [0.29, 0.717) is 23.7 Å². The van der Waals surface area contributed by atoms with E-state index >= 15 is 0 Å². The molecule has 3 nitrogen and oxygen atoms in total. The van der Waals surface area contributed by atoms with E-state index in [1.807, 2.05) is 13.0 Å². The van der Waals surface area contributed by atoms with Gasteiger partial charge in [-0.15, -0.1) is 6.42 Å². The third kappa shape index (κ3) is 3.04. The molecule has 0 atom stereocenters. The average Bonchev–Trinajstić information content (AvgIpc) is 2.27. The third-order valence-corrected chi connectivity index (χ3v) is 2.36. The molecule has 0 saturated carbocycles. The van der Waals surface area contributed by atoms with Crippen molar-refractivity contribution in [2.24, 2.45) is 0 Å². The summed E-state index contributed by atoms with van der Waals surface area (Å²) in [7, 11) is 0. The van der Waals surface area contributed by atoms with Crippen LogP contribution in [0.1, 0.15) is 12.5 Å². The van der Waals surface area contributed by atoms with Gasteiger partial charge in [0.05, 0.1) is 12.2 Å². The van der Waals surface area contributed by atoms with E-state index < -0.39 is 0 Å². The zero-order valence-corrected chi connectivity index (χ0v) is 10.9. The van der Waals surface area contributed by atoms with Crippen LogP contribution in [0.25, 0.3) is 0 Å². The molecule has 0 radical (unpaired) electrons. The first-order valence-corrected chi connectivity index (χ1v) is 5.73. The van der Waals surface area contributed by atoms with Crippen LogP contribution < -0.4 is 9.47 Å². The minimum Gasteiger partial charge on any atom is -0.490 e. The van der Waals surface area contributed by atoms with Gasteiger partial charge in [-0.3, -0.25) is 0 Å². The highest BCUT2D eigenvalue weighted by atomic mass is 127. The molecule has 0 N–H and O–H groups in total. The fraction of sp³-hybridized carbons (Fsp3) is 0.250. The number of ether oxygens (including phenoxy) is 2. The van der Waals surface area contributed by atoms with Crippen LogP contribution >= 0.6 is 22.6 Å². The summed E-state index contributed by atoms with van der Waals surface area (Å²) in [4.78, 5) is 0. The highest BCUT2D eigenvalue weighted by molar-refractivity contribution is 14.1. The summed E-state index contributed by atoms with van der Waals surface area (Å²) in [6.07, 6.45) is 5.12. The Morgan fingerprint density at radius 2 is 2.19 bits per heavy atom. The summed E-state index contributed by atoms with van der Waals surface area (Å²) in [5, 5.41) is 8.99.